The van der Waals surface area contributed by atoms with Crippen LogP contribution in [0, 0.1) is 5.82 Å². The number of benzene rings is 2. The Bertz CT molecular complexity index is 865. The molecule has 2 aromatic rings. The van der Waals surface area contributed by atoms with E-state index < -0.39 is 0 Å². The first-order valence-electron chi connectivity index (χ1n) is 8.76. The lowest BCUT2D eigenvalue weighted by molar-refractivity contribution is -0.116. The van der Waals surface area contributed by atoms with Gasteiger partial charge in [0.05, 0.1) is 10.6 Å². The van der Waals surface area contributed by atoms with Crippen LogP contribution in [0.2, 0.25) is 5.02 Å². The molecule has 2 fully saturated rings. The second-order valence-corrected chi connectivity index (χ2v) is 8.51. The Morgan fingerprint density at radius 2 is 1.67 bits per heavy atom. The van der Waals surface area contributed by atoms with E-state index in [1.165, 1.54) is 12.1 Å². The monoisotopic (exact) mass is 404 g/mol. The van der Waals surface area contributed by atoms with E-state index in [1.54, 1.807) is 53.1 Å². The molecule has 0 aliphatic carbocycles. The van der Waals surface area contributed by atoms with Crippen molar-refractivity contribution in [3.05, 3.63) is 64.9 Å². The second-order valence-electron chi connectivity index (χ2n) is 6.74. The van der Waals surface area contributed by atoms with Crippen LogP contribution >= 0.6 is 23.4 Å². The van der Waals surface area contributed by atoms with Crippen LogP contribution in [0.15, 0.2) is 48.5 Å². The number of piperidine rings is 1. The average molecular weight is 405 g/mol. The number of hydrogen-bond donors (Lipinski definition) is 0. The number of anilines is 1. The molecule has 4 rings (SSSR count). The van der Waals surface area contributed by atoms with Gasteiger partial charge in [-0.2, -0.15) is 0 Å². The first-order valence-corrected chi connectivity index (χ1v) is 10.1. The quantitative estimate of drug-likeness (QED) is 0.753. The number of likely N-dealkylation sites (tertiary alicyclic amines) is 1. The van der Waals surface area contributed by atoms with Crippen LogP contribution in [0.5, 0.6) is 0 Å². The number of rotatable bonds is 2. The van der Waals surface area contributed by atoms with Crippen molar-refractivity contribution in [2.24, 2.45) is 0 Å². The molecule has 0 N–H and O–H groups in total. The van der Waals surface area contributed by atoms with Gasteiger partial charge in [0.2, 0.25) is 5.91 Å². The van der Waals surface area contributed by atoms with Crippen LogP contribution in [0.1, 0.15) is 23.2 Å². The molecule has 140 valence electrons. The van der Waals surface area contributed by atoms with Gasteiger partial charge in [0.25, 0.3) is 5.91 Å². The third-order valence-corrected chi connectivity index (χ3v) is 6.90. The molecule has 2 amide bonds. The highest BCUT2D eigenvalue weighted by Crippen LogP contribution is 2.46. The van der Waals surface area contributed by atoms with Gasteiger partial charge in [-0.1, -0.05) is 11.6 Å². The summed E-state index contributed by atoms with van der Waals surface area (Å²) in [5.74, 6) is 0.0893. The number of carbonyl (C=O) groups excluding carboxylic acids is 2. The summed E-state index contributed by atoms with van der Waals surface area (Å²) in [4.78, 5) is 28.5. The molecule has 7 heteroatoms. The van der Waals surface area contributed by atoms with Gasteiger partial charge >= 0.3 is 0 Å². The van der Waals surface area contributed by atoms with Gasteiger partial charge in [0.1, 0.15) is 5.82 Å². The van der Waals surface area contributed by atoms with Crippen molar-refractivity contribution in [2.75, 3.05) is 23.7 Å². The predicted octanol–water partition coefficient (Wildman–Crippen LogP) is 4.19. The highest BCUT2D eigenvalue weighted by atomic mass is 35.5. The Morgan fingerprint density at radius 1 is 1.04 bits per heavy atom. The van der Waals surface area contributed by atoms with Crippen molar-refractivity contribution in [1.82, 2.24) is 4.90 Å². The van der Waals surface area contributed by atoms with E-state index in [-0.39, 0.29) is 22.5 Å². The van der Waals surface area contributed by atoms with Crippen molar-refractivity contribution < 1.29 is 14.0 Å². The maximum absolute atomic E-state index is 13.3. The summed E-state index contributed by atoms with van der Waals surface area (Å²) in [5.41, 5.74) is 1.32. The van der Waals surface area contributed by atoms with Crippen LogP contribution in [0.25, 0.3) is 0 Å². The zero-order valence-corrected chi connectivity index (χ0v) is 16.1. The Morgan fingerprint density at radius 3 is 2.30 bits per heavy atom. The highest BCUT2D eigenvalue weighted by molar-refractivity contribution is 8.02. The fourth-order valence-corrected chi connectivity index (χ4v) is 5.18. The van der Waals surface area contributed by atoms with Gasteiger partial charge < -0.3 is 4.90 Å². The summed E-state index contributed by atoms with van der Waals surface area (Å²) < 4.78 is 13.3. The molecule has 0 bridgehead atoms. The van der Waals surface area contributed by atoms with E-state index in [1.807, 2.05) is 4.90 Å². The Balaban J connectivity index is 1.51. The Kier molecular flexibility index (Phi) is 4.86. The van der Waals surface area contributed by atoms with Crippen LogP contribution in [0.3, 0.4) is 0 Å². The smallest absolute Gasteiger partial charge is 0.253 e. The normalized spacial score (nSPS) is 19.0. The van der Waals surface area contributed by atoms with Gasteiger partial charge in [-0.15, -0.1) is 11.8 Å². The number of thioether (sulfide) groups is 1. The molecule has 2 heterocycles. The molecule has 0 atom stereocenters. The van der Waals surface area contributed by atoms with E-state index in [4.69, 9.17) is 11.6 Å². The lowest BCUT2D eigenvalue weighted by atomic mass is 10.00. The molecule has 2 saturated heterocycles. The molecule has 0 radical (unpaired) electrons. The van der Waals surface area contributed by atoms with Crippen molar-refractivity contribution in [2.45, 2.75) is 17.7 Å². The van der Waals surface area contributed by atoms with Crippen molar-refractivity contribution in [3.8, 4) is 0 Å². The van der Waals surface area contributed by atoms with Crippen LogP contribution in [0.4, 0.5) is 10.1 Å². The highest BCUT2D eigenvalue weighted by Gasteiger charge is 2.49. The minimum absolute atomic E-state index is 0.0239. The lowest BCUT2D eigenvalue weighted by Gasteiger charge is -2.44. The van der Waals surface area contributed by atoms with Gasteiger partial charge in [0, 0.05) is 29.4 Å². The maximum Gasteiger partial charge on any atom is 0.253 e. The number of amides is 2. The second kappa shape index (κ2) is 7.17. The molecule has 2 aliphatic heterocycles. The summed E-state index contributed by atoms with van der Waals surface area (Å²) in [6.45, 7) is 1.14. The SMILES string of the molecule is O=C(c1ccc(Cl)cc1)N1CCC2(CC1)SCC(=O)N2c1ccc(F)cc1. The summed E-state index contributed by atoms with van der Waals surface area (Å²) in [6.07, 6.45) is 1.36. The lowest BCUT2D eigenvalue weighted by Crippen LogP contribution is -2.53. The topological polar surface area (TPSA) is 40.6 Å². The summed E-state index contributed by atoms with van der Waals surface area (Å²) in [6, 6.07) is 12.9. The molecule has 1 spiro atoms. The first-order chi connectivity index (χ1) is 13.0. The van der Waals surface area contributed by atoms with E-state index in [9.17, 15) is 14.0 Å². The van der Waals surface area contributed by atoms with E-state index in [2.05, 4.69) is 0 Å². The van der Waals surface area contributed by atoms with E-state index >= 15 is 0 Å². The molecule has 0 aromatic heterocycles. The maximum atomic E-state index is 13.3. The third-order valence-electron chi connectivity index (χ3n) is 5.13. The van der Waals surface area contributed by atoms with Crippen molar-refractivity contribution in [3.63, 3.8) is 0 Å². The minimum Gasteiger partial charge on any atom is -0.338 e. The molecule has 0 unspecified atom stereocenters. The number of nitrogens with zero attached hydrogens (tertiary/aromatic N) is 2. The molecule has 2 aromatic carbocycles. The van der Waals surface area contributed by atoms with E-state index in [0.29, 0.717) is 48.0 Å². The fraction of sp³-hybridized carbons (Fsp3) is 0.300. The van der Waals surface area contributed by atoms with Crippen LogP contribution < -0.4 is 4.90 Å². The molecule has 27 heavy (non-hydrogen) atoms. The third kappa shape index (κ3) is 3.44. The number of halogens is 2. The standard InChI is InChI=1S/C20H18ClFN2O2S/c21-15-3-1-14(2-4-15)19(26)23-11-9-20(10-12-23)24(18(25)13-27-20)17-7-5-16(22)6-8-17/h1-8H,9-13H2. The predicted molar refractivity (Wildman–Crippen MR) is 106 cm³/mol. The molecule has 2 aliphatic rings. The zero-order valence-electron chi connectivity index (χ0n) is 14.5. The Hall–Kier alpha value is -2.05. The van der Waals surface area contributed by atoms with Crippen LogP contribution in [-0.2, 0) is 4.79 Å². The molecular weight excluding hydrogens is 387 g/mol. The molecule has 4 nitrogen and oxygen atoms in total. The summed E-state index contributed by atoms with van der Waals surface area (Å²) >= 11 is 7.51. The number of carbonyl (C=O) groups is 2. The zero-order chi connectivity index (χ0) is 19.0. The van der Waals surface area contributed by atoms with Crippen molar-refractivity contribution >= 4 is 40.9 Å². The number of hydrogen-bond acceptors (Lipinski definition) is 3. The van der Waals surface area contributed by atoms with E-state index in [0.717, 1.165) is 0 Å². The minimum atomic E-state index is -0.369. The van der Waals surface area contributed by atoms with Gasteiger partial charge in [0.15, 0.2) is 0 Å². The average Bonchev–Trinajstić information content (AvgIpc) is 2.99. The first kappa shape index (κ1) is 18.3. The molecule has 0 saturated carbocycles. The summed E-state index contributed by atoms with van der Waals surface area (Å²) in [7, 11) is 0. The molecular formula is C20H18ClFN2O2S. The van der Waals surface area contributed by atoms with Gasteiger partial charge in [-0.25, -0.2) is 4.39 Å². The van der Waals surface area contributed by atoms with Gasteiger partial charge in [-0.3, -0.25) is 14.5 Å². The van der Waals surface area contributed by atoms with Crippen LogP contribution in [-0.4, -0.2) is 40.4 Å². The van der Waals surface area contributed by atoms with Crippen molar-refractivity contribution in [1.29, 1.82) is 0 Å². The largest absolute Gasteiger partial charge is 0.338 e. The van der Waals surface area contributed by atoms with Gasteiger partial charge in [-0.05, 0) is 61.4 Å². The Labute approximate surface area is 166 Å². The fourth-order valence-electron chi connectivity index (χ4n) is 3.72. The summed E-state index contributed by atoms with van der Waals surface area (Å²) in [5, 5.41) is 0.597.